The Morgan fingerprint density at radius 3 is 3.12 bits per heavy atom. The first-order valence-corrected chi connectivity index (χ1v) is 6.31. The van der Waals surface area contributed by atoms with E-state index in [2.05, 4.69) is 21.1 Å². The highest BCUT2D eigenvalue weighted by atomic mass is 16.5. The van der Waals surface area contributed by atoms with Gasteiger partial charge in [-0.3, -0.25) is 0 Å². The monoisotopic (exact) mass is 221 g/mol. The molecule has 1 N–H and O–H groups in total. The van der Waals surface area contributed by atoms with Gasteiger partial charge < -0.3 is 14.6 Å². The summed E-state index contributed by atoms with van der Waals surface area (Å²) >= 11 is 0. The number of hydrogen-bond donors (Lipinski definition) is 1. The summed E-state index contributed by atoms with van der Waals surface area (Å²) in [6.07, 6.45) is 10.5. The Hall–Kier alpha value is -1.03. The molecule has 1 saturated heterocycles. The molecule has 2 fully saturated rings. The van der Waals surface area contributed by atoms with E-state index in [0.29, 0.717) is 12.1 Å². The second-order valence-corrected chi connectivity index (χ2v) is 4.79. The minimum absolute atomic E-state index is 0.469. The van der Waals surface area contributed by atoms with Crippen LogP contribution in [0.4, 0.5) is 5.95 Å². The molecule has 2 aliphatic rings. The van der Waals surface area contributed by atoms with E-state index in [1.807, 2.05) is 6.20 Å². The molecule has 0 bridgehead atoms. The van der Waals surface area contributed by atoms with Crippen LogP contribution in [0.15, 0.2) is 12.4 Å². The molecule has 3 rings (SSSR count). The first-order chi connectivity index (χ1) is 7.92. The number of aromatic nitrogens is 2. The van der Waals surface area contributed by atoms with Crippen molar-refractivity contribution in [3.63, 3.8) is 0 Å². The van der Waals surface area contributed by atoms with Gasteiger partial charge in [-0.05, 0) is 32.1 Å². The molecule has 4 heteroatoms. The van der Waals surface area contributed by atoms with Gasteiger partial charge in [-0.1, -0.05) is 0 Å². The zero-order valence-corrected chi connectivity index (χ0v) is 9.56. The van der Waals surface area contributed by atoms with E-state index in [9.17, 15) is 0 Å². The highest BCUT2D eigenvalue weighted by molar-refractivity contribution is 5.29. The van der Waals surface area contributed by atoms with Crippen molar-refractivity contribution in [2.45, 2.75) is 50.8 Å². The Bertz CT molecular complexity index is 340. The molecule has 1 atom stereocenters. The number of hydrogen-bond acceptors (Lipinski definition) is 3. The van der Waals surface area contributed by atoms with Crippen molar-refractivity contribution >= 4 is 5.95 Å². The molecule has 1 unspecified atom stereocenters. The number of aryl methyl sites for hydroxylation is 1. The van der Waals surface area contributed by atoms with Gasteiger partial charge in [0.25, 0.3) is 0 Å². The molecule has 2 heterocycles. The second kappa shape index (κ2) is 4.45. The van der Waals surface area contributed by atoms with Crippen molar-refractivity contribution in [2.75, 3.05) is 11.9 Å². The molecule has 0 spiro atoms. The summed E-state index contributed by atoms with van der Waals surface area (Å²) in [6, 6.07) is 0.670. The lowest BCUT2D eigenvalue weighted by molar-refractivity contribution is 0.100. The smallest absolute Gasteiger partial charge is 0.202 e. The van der Waals surface area contributed by atoms with E-state index in [1.54, 1.807) is 0 Å². The molecular formula is C12H19N3O. The lowest BCUT2D eigenvalue weighted by Gasteiger charge is -2.12. The van der Waals surface area contributed by atoms with Crippen LogP contribution in [0.2, 0.25) is 0 Å². The summed E-state index contributed by atoms with van der Waals surface area (Å²) in [6.45, 7) is 1.96. The summed E-state index contributed by atoms with van der Waals surface area (Å²) in [5.74, 6) is 1.03. The van der Waals surface area contributed by atoms with Crippen LogP contribution in [0.1, 0.15) is 32.1 Å². The fourth-order valence-electron chi connectivity index (χ4n) is 2.20. The maximum Gasteiger partial charge on any atom is 0.202 e. The van der Waals surface area contributed by atoms with E-state index in [0.717, 1.165) is 25.5 Å². The van der Waals surface area contributed by atoms with Gasteiger partial charge in [0, 0.05) is 31.6 Å². The van der Waals surface area contributed by atoms with Crippen LogP contribution in [0.5, 0.6) is 0 Å². The molecular weight excluding hydrogens is 202 g/mol. The third-order valence-electron chi connectivity index (χ3n) is 3.34. The molecule has 88 valence electrons. The standard InChI is InChI=1S/C12H19N3O/c1-2-11(16-9-1)5-7-15-8-6-13-12(15)14-10-3-4-10/h6,8,10-11H,1-5,7,9H2,(H,13,14). The van der Waals surface area contributed by atoms with E-state index >= 15 is 0 Å². The van der Waals surface area contributed by atoms with Crippen LogP contribution in [-0.4, -0.2) is 28.3 Å². The number of nitrogens with zero attached hydrogens (tertiary/aromatic N) is 2. The van der Waals surface area contributed by atoms with E-state index in [4.69, 9.17) is 4.74 Å². The van der Waals surface area contributed by atoms with Crippen LogP contribution in [-0.2, 0) is 11.3 Å². The predicted octanol–water partition coefficient (Wildman–Crippen LogP) is 2.03. The van der Waals surface area contributed by atoms with Crippen LogP contribution in [0, 0.1) is 0 Å². The average molecular weight is 221 g/mol. The quantitative estimate of drug-likeness (QED) is 0.827. The Morgan fingerprint density at radius 1 is 1.44 bits per heavy atom. The van der Waals surface area contributed by atoms with Gasteiger partial charge in [0.1, 0.15) is 0 Å². The molecule has 1 aliphatic carbocycles. The summed E-state index contributed by atoms with van der Waals surface area (Å²) < 4.78 is 7.84. The molecule has 1 aliphatic heterocycles. The predicted molar refractivity (Wildman–Crippen MR) is 62.5 cm³/mol. The minimum Gasteiger partial charge on any atom is -0.378 e. The van der Waals surface area contributed by atoms with Gasteiger partial charge in [0.2, 0.25) is 5.95 Å². The van der Waals surface area contributed by atoms with Crippen molar-refractivity contribution in [3.05, 3.63) is 12.4 Å². The van der Waals surface area contributed by atoms with Crippen molar-refractivity contribution < 1.29 is 4.74 Å². The molecule has 0 amide bonds. The number of imidazole rings is 1. The first kappa shape index (κ1) is 10.1. The minimum atomic E-state index is 0.469. The van der Waals surface area contributed by atoms with Gasteiger partial charge in [-0.15, -0.1) is 0 Å². The lowest BCUT2D eigenvalue weighted by Crippen LogP contribution is -2.13. The van der Waals surface area contributed by atoms with Crippen LogP contribution < -0.4 is 5.32 Å². The molecule has 0 aromatic carbocycles. The number of rotatable bonds is 5. The highest BCUT2D eigenvalue weighted by Gasteiger charge is 2.23. The fraction of sp³-hybridized carbons (Fsp3) is 0.750. The largest absolute Gasteiger partial charge is 0.378 e. The average Bonchev–Trinajstić information content (AvgIpc) is 2.80. The lowest BCUT2D eigenvalue weighted by atomic mass is 10.2. The van der Waals surface area contributed by atoms with Crippen molar-refractivity contribution in [3.8, 4) is 0 Å². The zero-order valence-electron chi connectivity index (χ0n) is 9.56. The Labute approximate surface area is 96.0 Å². The van der Waals surface area contributed by atoms with Gasteiger partial charge in [0.15, 0.2) is 0 Å². The first-order valence-electron chi connectivity index (χ1n) is 6.31. The summed E-state index contributed by atoms with van der Waals surface area (Å²) in [5, 5.41) is 3.45. The molecule has 1 aromatic rings. The van der Waals surface area contributed by atoms with Crippen molar-refractivity contribution in [2.24, 2.45) is 0 Å². The molecule has 1 saturated carbocycles. The van der Waals surface area contributed by atoms with Crippen molar-refractivity contribution in [1.82, 2.24) is 9.55 Å². The van der Waals surface area contributed by atoms with E-state index in [1.165, 1.54) is 25.7 Å². The van der Waals surface area contributed by atoms with Crippen molar-refractivity contribution in [1.29, 1.82) is 0 Å². The highest BCUT2D eigenvalue weighted by Crippen LogP contribution is 2.24. The maximum atomic E-state index is 5.63. The van der Waals surface area contributed by atoms with Gasteiger partial charge in [-0.2, -0.15) is 0 Å². The fourth-order valence-corrected chi connectivity index (χ4v) is 2.20. The summed E-state index contributed by atoms with van der Waals surface area (Å²) in [7, 11) is 0. The van der Waals surface area contributed by atoms with E-state index < -0.39 is 0 Å². The number of ether oxygens (including phenoxy) is 1. The van der Waals surface area contributed by atoms with E-state index in [-0.39, 0.29) is 0 Å². The molecule has 16 heavy (non-hydrogen) atoms. The Morgan fingerprint density at radius 2 is 2.38 bits per heavy atom. The van der Waals surface area contributed by atoms with Crippen LogP contribution in [0.3, 0.4) is 0 Å². The topological polar surface area (TPSA) is 39.1 Å². The van der Waals surface area contributed by atoms with Crippen LogP contribution in [0.25, 0.3) is 0 Å². The summed E-state index contributed by atoms with van der Waals surface area (Å²) in [4.78, 5) is 4.35. The Kier molecular flexibility index (Phi) is 2.82. The normalized spacial score (nSPS) is 24.9. The maximum absolute atomic E-state index is 5.63. The molecule has 0 radical (unpaired) electrons. The number of anilines is 1. The van der Waals surface area contributed by atoms with Gasteiger partial charge >= 0.3 is 0 Å². The van der Waals surface area contributed by atoms with Crippen LogP contribution >= 0.6 is 0 Å². The second-order valence-electron chi connectivity index (χ2n) is 4.79. The molecule has 4 nitrogen and oxygen atoms in total. The Balaban J connectivity index is 1.53. The number of nitrogens with one attached hydrogen (secondary N) is 1. The third-order valence-corrected chi connectivity index (χ3v) is 3.34. The zero-order chi connectivity index (χ0) is 10.8. The summed E-state index contributed by atoms with van der Waals surface area (Å²) in [5.41, 5.74) is 0. The SMILES string of the molecule is c1cn(CCC2CCCO2)c(NC2CC2)n1. The van der Waals surface area contributed by atoms with Gasteiger partial charge in [0.05, 0.1) is 6.10 Å². The third kappa shape index (κ3) is 2.38. The van der Waals surface area contributed by atoms with Gasteiger partial charge in [-0.25, -0.2) is 4.98 Å². The molecule has 1 aromatic heterocycles.